The molecule has 0 aliphatic heterocycles. The summed E-state index contributed by atoms with van der Waals surface area (Å²) in [5.74, 6) is 0.859. The first kappa shape index (κ1) is 16.2. The molecule has 122 valence electrons. The van der Waals surface area contributed by atoms with E-state index < -0.39 is 0 Å². The number of hydrogen-bond donors (Lipinski definition) is 1. The van der Waals surface area contributed by atoms with Crippen molar-refractivity contribution in [3.8, 4) is 5.82 Å². The second-order valence-corrected chi connectivity index (χ2v) is 6.06. The third-order valence-corrected chi connectivity index (χ3v) is 4.28. The van der Waals surface area contributed by atoms with Gasteiger partial charge in [0.2, 0.25) is 5.91 Å². The van der Waals surface area contributed by atoms with E-state index in [1.165, 1.54) is 17.3 Å². The molecule has 2 aromatic heterocycles. The van der Waals surface area contributed by atoms with E-state index in [-0.39, 0.29) is 11.7 Å². The van der Waals surface area contributed by atoms with E-state index in [0.29, 0.717) is 10.8 Å². The molecule has 3 rings (SSSR count). The first-order valence-electron chi connectivity index (χ1n) is 7.60. The lowest BCUT2D eigenvalue weighted by atomic mass is 10.1. The molecule has 3 aromatic rings. The van der Waals surface area contributed by atoms with Gasteiger partial charge in [0, 0.05) is 18.1 Å². The van der Waals surface area contributed by atoms with Crippen LogP contribution in [0.1, 0.15) is 12.5 Å². The Morgan fingerprint density at radius 1 is 1.17 bits per heavy atom. The van der Waals surface area contributed by atoms with Crippen molar-refractivity contribution in [1.29, 1.82) is 0 Å². The molecule has 0 spiro atoms. The molecular formula is C17H17N5OS. The lowest BCUT2D eigenvalue weighted by molar-refractivity contribution is -0.113. The van der Waals surface area contributed by atoms with Gasteiger partial charge >= 0.3 is 0 Å². The quantitative estimate of drug-likeness (QED) is 0.699. The Balaban J connectivity index is 1.52. The van der Waals surface area contributed by atoms with E-state index in [1.807, 2.05) is 42.5 Å². The number of rotatable bonds is 6. The number of aromatic nitrogens is 4. The van der Waals surface area contributed by atoms with E-state index in [9.17, 15) is 4.79 Å². The van der Waals surface area contributed by atoms with Gasteiger partial charge in [-0.15, -0.1) is 10.2 Å². The molecule has 0 bridgehead atoms. The van der Waals surface area contributed by atoms with Crippen LogP contribution in [0.25, 0.3) is 5.82 Å². The van der Waals surface area contributed by atoms with E-state index >= 15 is 0 Å². The van der Waals surface area contributed by atoms with Gasteiger partial charge < -0.3 is 5.32 Å². The Bertz CT molecular complexity index is 785. The highest BCUT2D eigenvalue weighted by Gasteiger charge is 2.06. The molecule has 1 amide bonds. The fourth-order valence-corrected chi connectivity index (χ4v) is 2.69. The third kappa shape index (κ3) is 4.20. The normalized spacial score (nSPS) is 10.5. The van der Waals surface area contributed by atoms with Crippen molar-refractivity contribution in [2.45, 2.75) is 18.4 Å². The monoisotopic (exact) mass is 339 g/mol. The lowest BCUT2D eigenvalue weighted by Crippen LogP contribution is -2.14. The summed E-state index contributed by atoms with van der Waals surface area (Å²) in [6, 6.07) is 13.3. The Hall–Kier alpha value is -2.67. The van der Waals surface area contributed by atoms with Crippen molar-refractivity contribution >= 4 is 23.4 Å². The van der Waals surface area contributed by atoms with Gasteiger partial charge in [-0.25, -0.2) is 4.68 Å². The summed E-state index contributed by atoms with van der Waals surface area (Å²) in [6.45, 7) is 2.10. The molecule has 0 fully saturated rings. The maximum Gasteiger partial charge on any atom is 0.234 e. The summed E-state index contributed by atoms with van der Waals surface area (Å²) in [5, 5.41) is 15.9. The maximum atomic E-state index is 12.0. The van der Waals surface area contributed by atoms with Crippen LogP contribution in [-0.4, -0.2) is 31.6 Å². The van der Waals surface area contributed by atoms with Crippen molar-refractivity contribution in [2.75, 3.05) is 11.1 Å². The van der Waals surface area contributed by atoms with Gasteiger partial charge in [-0.3, -0.25) is 4.79 Å². The van der Waals surface area contributed by atoms with Gasteiger partial charge in [-0.05, 0) is 42.3 Å². The SMILES string of the molecule is CCc1ccc(NC(=O)CSc2ccc(-n3cccn3)nn2)cc1. The lowest BCUT2D eigenvalue weighted by Gasteiger charge is -2.06. The highest BCUT2D eigenvalue weighted by Crippen LogP contribution is 2.16. The molecule has 7 heteroatoms. The summed E-state index contributed by atoms with van der Waals surface area (Å²) in [4.78, 5) is 12.0. The summed E-state index contributed by atoms with van der Waals surface area (Å²) in [5.41, 5.74) is 2.05. The zero-order valence-electron chi connectivity index (χ0n) is 13.2. The summed E-state index contributed by atoms with van der Waals surface area (Å²) >= 11 is 1.35. The van der Waals surface area contributed by atoms with Crippen LogP contribution < -0.4 is 5.32 Å². The summed E-state index contributed by atoms with van der Waals surface area (Å²) in [6.07, 6.45) is 4.47. The number of anilines is 1. The predicted molar refractivity (Wildman–Crippen MR) is 94.3 cm³/mol. The molecule has 0 saturated carbocycles. The second kappa shape index (κ2) is 7.74. The molecule has 24 heavy (non-hydrogen) atoms. The molecule has 0 radical (unpaired) electrons. The van der Waals surface area contributed by atoms with Crippen LogP contribution in [0.5, 0.6) is 0 Å². The van der Waals surface area contributed by atoms with E-state index in [1.54, 1.807) is 17.1 Å². The number of nitrogens with zero attached hydrogens (tertiary/aromatic N) is 4. The van der Waals surface area contributed by atoms with Crippen LogP contribution in [0.4, 0.5) is 5.69 Å². The van der Waals surface area contributed by atoms with E-state index in [4.69, 9.17) is 0 Å². The topological polar surface area (TPSA) is 72.7 Å². The molecule has 1 aromatic carbocycles. The van der Waals surface area contributed by atoms with E-state index in [0.717, 1.165) is 12.1 Å². The third-order valence-electron chi connectivity index (χ3n) is 3.36. The van der Waals surface area contributed by atoms with Gasteiger partial charge in [0.05, 0.1) is 5.75 Å². The average molecular weight is 339 g/mol. The van der Waals surface area contributed by atoms with Gasteiger partial charge in [-0.1, -0.05) is 30.8 Å². The number of benzene rings is 1. The van der Waals surface area contributed by atoms with E-state index in [2.05, 4.69) is 27.5 Å². The average Bonchev–Trinajstić information content (AvgIpc) is 3.16. The zero-order chi connectivity index (χ0) is 16.8. The molecule has 6 nitrogen and oxygen atoms in total. The molecule has 0 saturated heterocycles. The summed E-state index contributed by atoms with van der Waals surface area (Å²) in [7, 11) is 0. The molecule has 0 unspecified atom stereocenters. The van der Waals surface area contributed by atoms with Gasteiger partial charge in [0.1, 0.15) is 5.03 Å². The van der Waals surface area contributed by atoms with Crippen LogP contribution in [0.2, 0.25) is 0 Å². The minimum Gasteiger partial charge on any atom is -0.325 e. The highest BCUT2D eigenvalue weighted by molar-refractivity contribution is 7.99. The van der Waals surface area contributed by atoms with Crippen LogP contribution >= 0.6 is 11.8 Å². The van der Waals surface area contributed by atoms with Crippen molar-refractivity contribution in [2.24, 2.45) is 0 Å². The van der Waals surface area contributed by atoms with Crippen molar-refractivity contribution in [3.63, 3.8) is 0 Å². The molecule has 0 aliphatic rings. The molecule has 1 N–H and O–H groups in total. The first-order valence-corrected chi connectivity index (χ1v) is 8.58. The van der Waals surface area contributed by atoms with Gasteiger partial charge in [-0.2, -0.15) is 5.10 Å². The fourth-order valence-electron chi connectivity index (χ4n) is 2.08. The zero-order valence-corrected chi connectivity index (χ0v) is 14.0. The Labute approximate surface area is 144 Å². The summed E-state index contributed by atoms with van der Waals surface area (Å²) < 4.78 is 1.63. The maximum absolute atomic E-state index is 12.0. The van der Waals surface area contributed by atoms with Crippen LogP contribution in [-0.2, 0) is 11.2 Å². The van der Waals surface area contributed by atoms with Crippen LogP contribution in [0, 0.1) is 0 Å². The van der Waals surface area contributed by atoms with Gasteiger partial charge in [0.15, 0.2) is 5.82 Å². The number of nitrogens with one attached hydrogen (secondary N) is 1. The van der Waals surface area contributed by atoms with Crippen molar-refractivity contribution in [3.05, 3.63) is 60.4 Å². The number of amides is 1. The number of hydrogen-bond acceptors (Lipinski definition) is 5. The smallest absolute Gasteiger partial charge is 0.234 e. The molecule has 0 aliphatic carbocycles. The predicted octanol–water partition coefficient (Wildman–Crippen LogP) is 2.96. The first-order chi connectivity index (χ1) is 11.7. The molecule has 0 atom stereocenters. The van der Waals surface area contributed by atoms with Crippen LogP contribution in [0.3, 0.4) is 0 Å². The Morgan fingerprint density at radius 2 is 2.00 bits per heavy atom. The van der Waals surface area contributed by atoms with Crippen molar-refractivity contribution in [1.82, 2.24) is 20.0 Å². The van der Waals surface area contributed by atoms with Gasteiger partial charge in [0.25, 0.3) is 0 Å². The van der Waals surface area contributed by atoms with Crippen molar-refractivity contribution < 1.29 is 4.79 Å². The number of carbonyl (C=O) groups excluding carboxylic acids is 1. The Kier molecular flexibility index (Phi) is 5.22. The van der Waals surface area contributed by atoms with Crippen LogP contribution in [0.15, 0.2) is 59.9 Å². The number of carbonyl (C=O) groups is 1. The molecular weight excluding hydrogens is 322 g/mol. The minimum absolute atomic E-state index is 0.0674. The fraction of sp³-hybridized carbons (Fsp3) is 0.176. The number of aryl methyl sites for hydroxylation is 1. The highest BCUT2D eigenvalue weighted by atomic mass is 32.2. The second-order valence-electron chi connectivity index (χ2n) is 5.07. The molecule has 2 heterocycles. The Morgan fingerprint density at radius 3 is 2.62 bits per heavy atom. The number of thioether (sulfide) groups is 1. The standard InChI is InChI=1S/C17H17N5OS/c1-2-13-4-6-14(7-5-13)19-16(23)12-24-17-9-8-15(20-21-17)22-11-3-10-18-22/h3-11H,2,12H2,1H3,(H,19,23). The largest absolute Gasteiger partial charge is 0.325 e. The minimum atomic E-state index is -0.0674.